The Labute approximate surface area is 87.1 Å². The van der Waals surface area contributed by atoms with Crippen molar-refractivity contribution in [3.05, 3.63) is 41.7 Å². The van der Waals surface area contributed by atoms with E-state index < -0.39 is 6.09 Å². The first-order chi connectivity index (χ1) is 6.61. The van der Waals surface area contributed by atoms with Crippen LogP contribution in [-0.2, 0) is 4.74 Å². The predicted molar refractivity (Wildman–Crippen MR) is 55.6 cm³/mol. The van der Waals surface area contributed by atoms with Crippen molar-refractivity contribution in [2.45, 2.75) is 6.92 Å². The summed E-state index contributed by atoms with van der Waals surface area (Å²) < 4.78 is 4.65. The summed E-state index contributed by atoms with van der Waals surface area (Å²) in [6.07, 6.45) is -0.864. The maximum atomic E-state index is 10.5. The second kappa shape index (κ2) is 4.67. The fourth-order valence-electron chi connectivity index (χ4n) is 0.983. The van der Waals surface area contributed by atoms with Gasteiger partial charge < -0.3 is 10.5 Å². The summed E-state index contributed by atoms with van der Waals surface area (Å²) in [7, 11) is 0. The van der Waals surface area contributed by atoms with Gasteiger partial charge in [-0.2, -0.15) is 0 Å². The van der Waals surface area contributed by atoms with Gasteiger partial charge in [0.25, 0.3) is 0 Å². The zero-order valence-corrected chi connectivity index (χ0v) is 8.41. The highest BCUT2D eigenvalue weighted by Gasteiger charge is 2.05. The summed E-state index contributed by atoms with van der Waals surface area (Å²) >= 11 is 5.95. The molecule has 0 aliphatic heterocycles. The lowest BCUT2D eigenvalue weighted by molar-refractivity contribution is 0.188. The fourth-order valence-corrected chi connectivity index (χ4v) is 1.15. The molecule has 74 valence electrons. The third-order valence-corrected chi connectivity index (χ3v) is 2.07. The van der Waals surface area contributed by atoms with E-state index in [1.54, 1.807) is 6.92 Å². The number of rotatable bonds is 2. The molecule has 0 unspecified atom stereocenters. The van der Waals surface area contributed by atoms with Gasteiger partial charge in [-0.3, -0.25) is 0 Å². The van der Waals surface area contributed by atoms with E-state index in [9.17, 15) is 4.79 Å². The van der Waals surface area contributed by atoms with Gasteiger partial charge in [0.05, 0.1) is 5.03 Å². The van der Waals surface area contributed by atoms with E-state index in [1.807, 2.05) is 30.3 Å². The van der Waals surface area contributed by atoms with Gasteiger partial charge in [0.2, 0.25) is 0 Å². The van der Waals surface area contributed by atoms with Crippen molar-refractivity contribution in [2.75, 3.05) is 0 Å². The minimum atomic E-state index is -0.864. The summed E-state index contributed by atoms with van der Waals surface area (Å²) in [5.74, 6) is 0.297. The molecule has 0 radical (unpaired) electrons. The van der Waals surface area contributed by atoms with E-state index in [1.165, 1.54) is 0 Å². The Hall–Kier alpha value is -1.48. The Morgan fingerprint density at radius 1 is 1.36 bits per heavy atom. The van der Waals surface area contributed by atoms with E-state index in [0.29, 0.717) is 10.8 Å². The third kappa shape index (κ3) is 2.78. The van der Waals surface area contributed by atoms with Crippen molar-refractivity contribution in [2.24, 2.45) is 5.73 Å². The molecule has 1 aromatic carbocycles. The normalized spacial score (nSPS) is 11.9. The fraction of sp³-hybridized carbons (Fsp3) is 0.100. The van der Waals surface area contributed by atoms with Gasteiger partial charge in [0.1, 0.15) is 5.76 Å². The molecule has 0 bridgehead atoms. The number of allylic oxidation sites excluding steroid dienone is 1. The minimum Gasteiger partial charge on any atom is -0.414 e. The average Bonchev–Trinajstić information content (AvgIpc) is 2.17. The van der Waals surface area contributed by atoms with Gasteiger partial charge in [-0.05, 0) is 12.5 Å². The lowest BCUT2D eigenvalue weighted by Gasteiger charge is -2.04. The maximum absolute atomic E-state index is 10.5. The molecule has 4 heteroatoms. The molecule has 3 nitrogen and oxygen atoms in total. The summed E-state index contributed by atoms with van der Waals surface area (Å²) in [5.41, 5.74) is 5.64. The van der Waals surface area contributed by atoms with Crippen LogP contribution >= 0.6 is 11.6 Å². The SMILES string of the molecule is CC(OC(N)=O)=C(Cl)c1ccccc1. The number of hydrogen-bond donors (Lipinski definition) is 1. The quantitative estimate of drug-likeness (QED) is 0.765. The highest BCUT2D eigenvalue weighted by molar-refractivity contribution is 6.49. The number of amides is 1. The molecule has 0 atom stereocenters. The van der Waals surface area contributed by atoms with E-state index >= 15 is 0 Å². The molecule has 1 rings (SSSR count). The Morgan fingerprint density at radius 2 is 1.93 bits per heavy atom. The maximum Gasteiger partial charge on any atom is 0.409 e. The van der Waals surface area contributed by atoms with Crippen LogP contribution in [0, 0.1) is 0 Å². The lowest BCUT2D eigenvalue weighted by Crippen LogP contribution is -2.11. The number of ether oxygens (including phenoxy) is 1. The number of hydrogen-bond acceptors (Lipinski definition) is 2. The number of halogens is 1. The number of carbonyl (C=O) groups excluding carboxylic acids is 1. The first-order valence-corrected chi connectivity index (χ1v) is 4.38. The molecule has 0 aliphatic rings. The van der Waals surface area contributed by atoms with Gasteiger partial charge >= 0.3 is 6.09 Å². The topological polar surface area (TPSA) is 52.3 Å². The van der Waals surface area contributed by atoms with Crippen molar-refractivity contribution in [1.29, 1.82) is 0 Å². The lowest BCUT2D eigenvalue weighted by atomic mass is 10.2. The second-order valence-electron chi connectivity index (χ2n) is 2.66. The number of nitrogens with two attached hydrogens (primary N) is 1. The first kappa shape index (κ1) is 10.6. The van der Waals surface area contributed by atoms with Crippen molar-refractivity contribution in [3.63, 3.8) is 0 Å². The molecule has 2 N–H and O–H groups in total. The number of benzene rings is 1. The Morgan fingerprint density at radius 3 is 2.43 bits per heavy atom. The van der Waals surface area contributed by atoms with Crippen LogP contribution in [0.5, 0.6) is 0 Å². The molecule has 0 heterocycles. The van der Waals surface area contributed by atoms with Crippen LogP contribution in [0.25, 0.3) is 5.03 Å². The molecule has 14 heavy (non-hydrogen) atoms. The molecule has 1 aromatic rings. The summed E-state index contributed by atoms with van der Waals surface area (Å²) in [6, 6.07) is 9.19. The summed E-state index contributed by atoms with van der Waals surface area (Å²) in [5, 5.41) is 0.379. The van der Waals surface area contributed by atoms with E-state index in [-0.39, 0.29) is 0 Å². The monoisotopic (exact) mass is 211 g/mol. The van der Waals surface area contributed by atoms with E-state index in [0.717, 1.165) is 5.56 Å². The van der Waals surface area contributed by atoms with Crippen LogP contribution in [0.3, 0.4) is 0 Å². The van der Waals surface area contributed by atoms with Gasteiger partial charge in [-0.1, -0.05) is 41.9 Å². The molecule has 1 amide bonds. The molecule has 0 spiro atoms. The Kier molecular flexibility index (Phi) is 3.54. The molecule has 0 saturated heterocycles. The third-order valence-electron chi connectivity index (χ3n) is 1.59. The number of primary amides is 1. The minimum absolute atomic E-state index is 0.297. The van der Waals surface area contributed by atoms with Gasteiger partial charge in [0, 0.05) is 0 Å². The smallest absolute Gasteiger partial charge is 0.409 e. The van der Waals surface area contributed by atoms with Crippen molar-refractivity contribution in [1.82, 2.24) is 0 Å². The van der Waals surface area contributed by atoms with Crippen LogP contribution < -0.4 is 5.73 Å². The van der Waals surface area contributed by atoms with Crippen LogP contribution in [0.2, 0.25) is 0 Å². The molecule has 0 fully saturated rings. The molecule has 0 saturated carbocycles. The second-order valence-corrected chi connectivity index (χ2v) is 3.04. The largest absolute Gasteiger partial charge is 0.414 e. The Balaban J connectivity index is 2.93. The Bertz CT molecular complexity index is 360. The highest BCUT2D eigenvalue weighted by atomic mass is 35.5. The van der Waals surface area contributed by atoms with Gasteiger partial charge in [0.15, 0.2) is 0 Å². The predicted octanol–water partition coefficient (Wildman–Crippen LogP) is 2.71. The van der Waals surface area contributed by atoms with Crippen molar-refractivity contribution in [3.8, 4) is 0 Å². The summed E-state index contributed by atoms with van der Waals surface area (Å²) in [6.45, 7) is 1.58. The van der Waals surface area contributed by atoms with Gasteiger partial charge in [-0.25, -0.2) is 4.79 Å². The number of carbonyl (C=O) groups is 1. The highest BCUT2D eigenvalue weighted by Crippen LogP contribution is 2.22. The standard InChI is InChI=1S/C10H10ClNO2/c1-7(14-10(12)13)9(11)8-5-3-2-4-6-8/h2-6H,1H3,(H2,12,13). The van der Waals surface area contributed by atoms with E-state index in [2.05, 4.69) is 4.74 Å². The summed E-state index contributed by atoms with van der Waals surface area (Å²) in [4.78, 5) is 10.5. The van der Waals surface area contributed by atoms with Crippen LogP contribution in [0.15, 0.2) is 36.1 Å². The van der Waals surface area contributed by atoms with Gasteiger partial charge in [-0.15, -0.1) is 0 Å². The molecule has 0 aromatic heterocycles. The van der Waals surface area contributed by atoms with Crippen molar-refractivity contribution >= 4 is 22.7 Å². The van der Waals surface area contributed by atoms with Crippen LogP contribution in [0.4, 0.5) is 4.79 Å². The first-order valence-electron chi connectivity index (χ1n) is 4.00. The van der Waals surface area contributed by atoms with E-state index in [4.69, 9.17) is 17.3 Å². The average molecular weight is 212 g/mol. The molecular formula is C10H10ClNO2. The van der Waals surface area contributed by atoms with Crippen LogP contribution in [0.1, 0.15) is 12.5 Å². The van der Waals surface area contributed by atoms with Crippen LogP contribution in [-0.4, -0.2) is 6.09 Å². The van der Waals surface area contributed by atoms with Crippen molar-refractivity contribution < 1.29 is 9.53 Å². The molecule has 0 aliphatic carbocycles. The zero-order valence-electron chi connectivity index (χ0n) is 7.66. The zero-order chi connectivity index (χ0) is 10.6. The molecular weight excluding hydrogens is 202 g/mol.